The number of amides is 1. The molecule has 0 atom stereocenters. The zero-order valence-corrected chi connectivity index (χ0v) is 29.9. The van der Waals surface area contributed by atoms with Gasteiger partial charge in [0.1, 0.15) is 11.4 Å². The molecule has 2 saturated heterocycles. The van der Waals surface area contributed by atoms with Crippen molar-refractivity contribution < 1.29 is 9.53 Å². The smallest absolute Gasteiger partial charge is 0.410 e. The van der Waals surface area contributed by atoms with E-state index < -0.39 is 5.60 Å². The van der Waals surface area contributed by atoms with Gasteiger partial charge in [-0.1, -0.05) is 37.5 Å². The van der Waals surface area contributed by atoms with Gasteiger partial charge in [-0.3, -0.25) is 9.36 Å². The van der Waals surface area contributed by atoms with Crippen molar-refractivity contribution in [2.45, 2.75) is 108 Å². The summed E-state index contributed by atoms with van der Waals surface area (Å²) in [4.78, 5) is 35.4. The maximum atomic E-state index is 13.4. The van der Waals surface area contributed by atoms with Gasteiger partial charge in [-0.15, -0.1) is 0 Å². The number of rotatable bonds is 3. The molecule has 47 heavy (non-hydrogen) atoms. The third-order valence-electron chi connectivity index (χ3n) is 12.3. The zero-order chi connectivity index (χ0) is 32.6. The highest BCUT2D eigenvalue weighted by Gasteiger charge is 2.48. The predicted molar refractivity (Wildman–Crippen MR) is 190 cm³/mol. The number of hydrogen-bond donors (Lipinski definition) is 0. The Morgan fingerprint density at radius 1 is 0.979 bits per heavy atom. The highest BCUT2D eigenvalue weighted by atomic mass is 79.9. The minimum atomic E-state index is -0.434. The highest BCUT2D eigenvalue weighted by Crippen LogP contribution is 2.54. The summed E-state index contributed by atoms with van der Waals surface area (Å²) >= 11 is 3.65. The van der Waals surface area contributed by atoms with Crippen molar-refractivity contribution in [3.8, 4) is 5.69 Å². The predicted octanol–water partition coefficient (Wildman–Crippen LogP) is 8.32. The van der Waals surface area contributed by atoms with Crippen molar-refractivity contribution in [3.63, 3.8) is 0 Å². The van der Waals surface area contributed by atoms with Gasteiger partial charge in [-0.25, -0.2) is 4.79 Å². The Labute approximate surface area is 287 Å². The standard InChI is InChI=1S/C39H49BrN4O3/c1-37(2,3)47-36(46)43-20-16-38(17-21-43)23-26(24-38)25-42-18-12-27(13-19-42)28-10-11-29-32(22-28)44-31-9-7-8-30(40)33(31)34(45)41-35(44)39(29)14-5-4-6-15-39/h7-11,22,26-27H,4-6,12-21,23-25H2,1-3H3. The number of ether oxygens (including phenoxy) is 1. The fraction of sp³-hybridized carbons (Fsp3) is 0.615. The number of aromatic nitrogens is 2. The molecular weight excluding hydrogens is 652 g/mol. The van der Waals surface area contributed by atoms with Crippen LogP contribution < -0.4 is 5.56 Å². The van der Waals surface area contributed by atoms with Gasteiger partial charge >= 0.3 is 6.09 Å². The first-order valence-electron chi connectivity index (χ1n) is 18.1. The van der Waals surface area contributed by atoms with E-state index in [0.29, 0.717) is 16.7 Å². The van der Waals surface area contributed by atoms with Crippen LogP contribution in [0.5, 0.6) is 0 Å². The number of benzene rings is 2. The lowest BCUT2D eigenvalue weighted by atomic mass is 9.57. The van der Waals surface area contributed by atoms with Crippen molar-refractivity contribution in [3.05, 3.63) is 68.2 Å². The number of carbonyl (C=O) groups is 1. The molecule has 3 aromatic rings. The van der Waals surface area contributed by atoms with E-state index in [2.05, 4.69) is 49.7 Å². The fourth-order valence-corrected chi connectivity index (χ4v) is 10.5. The van der Waals surface area contributed by atoms with E-state index in [-0.39, 0.29) is 17.1 Å². The number of likely N-dealkylation sites (tertiary alicyclic amines) is 2. The molecule has 0 radical (unpaired) electrons. The highest BCUT2D eigenvalue weighted by molar-refractivity contribution is 9.10. The third-order valence-corrected chi connectivity index (χ3v) is 12.9. The summed E-state index contributed by atoms with van der Waals surface area (Å²) in [7, 11) is 0. The molecule has 7 nitrogen and oxygen atoms in total. The number of nitrogens with zero attached hydrogens (tertiary/aromatic N) is 4. The first kappa shape index (κ1) is 31.6. The van der Waals surface area contributed by atoms with Crippen LogP contribution in [0.2, 0.25) is 0 Å². The normalized spacial score (nSPS) is 22.8. The van der Waals surface area contributed by atoms with Crippen molar-refractivity contribution in [2.24, 2.45) is 11.3 Å². The van der Waals surface area contributed by atoms with Crippen LogP contribution in [0.1, 0.15) is 114 Å². The molecule has 0 unspecified atom stereocenters. The Hall–Kier alpha value is -2.71. The van der Waals surface area contributed by atoms with Crippen LogP contribution in [0.4, 0.5) is 4.79 Å². The second-order valence-corrected chi connectivity index (χ2v) is 17.3. The number of fused-ring (bicyclic) bond motifs is 7. The molecular formula is C39H49BrN4O3. The van der Waals surface area contributed by atoms with E-state index in [1.54, 1.807) is 0 Å². The van der Waals surface area contributed by atoms with Gasteiger partial charge in [0.15, 0.2) is 0 Å². The lowest BCUT2D eigenvalue weighted by Crippen LogP contribution is -2.51. The molecule has 0 bridgehead atoms. The van der Waals surface area contributed by atoms with Crippen LogP contribution in [-0.4, -0.2) is 63.8 Å². The van der Waals surface area contributed by atoms with E-state index >= 15 is 0 Å². The Balaban J connectivity index is 0.934. The second-order valence-electron chi connectivity index (χ2n) is 16.4. The van der Waals surface area contributed by atoms with E-state index in [1.165, 1.54) is 68.3 Å². The van der Waals surface area contributed by atoms with Gasteiger partial charge in [0.25, 0.3) is 5.56 Å². The molecule has 1 amide bonds. The molecule has 2 saturated carbocycles. The van der Waals surface area contributed by atoms with Crippen molar-refractivity contribution in [1.29, 1.82) is 0 Å². The van der Waals surface area contributed by atoms with E-state index in [1.807, 2.05) is 37.8 Å². The molecule has 3 aliphatic heterocycles. The molecule has 2 aliphatic carbocycles. The quantitative estimate of drug-likeness (QED) is 0.275. The Kier molecular flexibility index (Phi) is 7.87. The van der Waals surface area contributed by atoms with Gasteiger partial charge in [-0.05, 0) is 148 Å². The summed E-state index contributed by atoms with van der Waals surface area (Å²) in [6.07, 6.45) is 12.8. The lowest BCUT2D eigenvalue weighted by Gasteiger charge is -2.53. The van der Waals surface area contributed by atoms with Crippen molar-refractivity contribution >= 4 is 32.9 Å². The summed E-state index contributed by atoms with van der Waals surface area (Å²) in [5, 5.41) is 0.681. The molecule has 4 heterocycles. The largest absolute Gasteiger partial charge is 0.444 e. The summed E-state index contributed by atoms with van der Waals surface area (Å²) in [6, 6.07) is 13.3. The first-order chi connectivity index (χ1) is 22.5. The molecule has 1 aromatic heterocycles. The number of piperidine rings is 2. The monoisotopic (exact) mass is 700 g/mol. The molecule has 2 aromatic carbocycles. The minimum absolute atomic E-state index is 0.118. The topological polar surface area (TPSA) is 67.7 Å². The molecule has 8 heteroatoms. The summed E-state index contributed by atoms with van der Waals surface area (Å²) < 4.78 is 8.77. The average molecular weight is 702 g/mol. The lowest BCUT2D eigenvalue weighted by molar-refractivity contribution is -0.0367. The van der Waals surface area contributed by atoms with Crippen LogP contribution in [0.15, 0.2) is 45.7 Å². The summed E-state index contributed by atoms with van der Waals surface area (Å²) in [5.41, 5.74) is 4.75. The van der Waals surface area contributed by atoms with Crippen molar-refractivity contribution in [1.82, 2.24) is 19.4 Å². The number of halogens is 1. The molecule has 5 aliphatic rings. The molecule has 8 rings (SSSR count). The summed E-state index contributed by atoms with van der Waals surface area (Å²) in [6.45, 7) is 11.0. The molecule has 0 N–H and O–H groups in total. The average Bonchev–Trinajstić information content (AvgIpc) is 3.28. The Bertz CT molecular complexity index is 1750. The number of carbonyl (C=O) groups excluding carboxylic acids is 1. The maximum Gasteiger partial charge on any atom is 0.410 e. The van der Waals surface area contributed by atoms with E-state index in [4.69, 9.17) is 9.72 Å². The van der Waals surface area contributed by atoms with Crippen LogP contribution in [-0.2, 0) is 10.2 Å². The molecule has 2 spiro atoms. The van der Waals surface area contributed by atoms with Gasteiger partial charge in [0, 0.05) is 24.1 Å². The fourth-order valence-electron chi connectivity index (χ4n) is 9.96. The van der Waals surface area contributed by atoms with Crippen LogP contribution in [0.25, 0.3) is 16.6 Å². The maximum absolute atomic E-state index is 13.4. The molecule has 4 fully saturated rings. The first-order valence-corrected chi connectivity index (χ1v) is 18.9. The Morgan fingerprint density at radius 2 is 1.70 bits per heavy atom. The van der Waals surface area contributed by atoms with Gasteiger partial charge in [0.05, 0.1) is 22.0 Å². The van der Waals surface area contributed by atoms with Gasteiger partial charge < -0.3 is 14.5 Å². The van der Waals surface area contributed by atoms with Gasteiger partial charge in [-0.2, -0.15) is 4.98 Å². The van der Waals surface area contributed by atoms with Crippen molar-refractivity contribution in [2.75, 3.05) is 32.7 Å². The molecule has 250 valence electrons. The second kappa shape index (κ2) is 11.7. The van der Waals surface area contributed by atoms with Crippen LogP contribution >= 0.6 is 15.9 Å². The van der Waals surface area contributed by atoms with E-state index in [0.717, 1.165) is 73.6 Å². The van der Waals surface area contributed by atoms with Crippen LogP contribution in [0.3, 0.4) is 0 Å². The van der Waals surface area contributed by atoms with E-state index in [9.17, 15) is 9.59 Å². The summed E-state index contributed by atoms with van der Waals surface area (Å²) in [5.74, 6) is 2.30. The van der Waals surface area contributed by atoms with Crippen LogP contribution in [0, 0.1) is 11.3 Å². The minimum Gasteiger partial charge on any atom is -0.444 e. The number of hydrogen-bond acceptors (Lipinski definition) is 5. The Morgan fingerprint density at radius 3 is 2.40 bits per heavy atom. The third kappa shape index (κ3) is 5.55. The zero-order valence-electron chi connectivity index (χ0n) is 28.3. The van der Waals surface area contributed by atoms with Gasteiger partial charge in [0.2, 0.25) is 0 Å². The SMILES string of the molecule is CC(C)(C)OC(=O)N1CCC2(CC1)CC(CN1CCC(c3ccc4c(c3)-n3c(nc(=O)c5c(Br)cccc53)C43CCCCC3)CC1)C2.